The first-order chi connectivity index (χ1) is 9.33. The zero-order valence-electron chi connectivity index (χ0n) is 10.4. The van der Waals surface area contributed by atoms with Gasteiger partial charge < -0.3 is 5.32 Å². The first-order valence-electron chi connectivity index (χ1n) is 5.87. The molecule has 1 N–H and O–H groups in total. The maximum Gasteiger partial charge on any atom is 0.188 e. The van der Waals surface area contributed by atoms with Gasteiger partial charge in [0.2, 0.25) is 0 Å². The predicted molar refractivity (Wildman–Crippen MR) is 77.6 cm³/mol. The zero-order chi connectivity index (χ0) is 13.1. The summed E-state index contributed by atoms with van der Waals surface area (Å²) >= 11 is 1.57. The molecule has 4 nitrogen and oxygen atoms in total. The first-order valence-corrected chi connectivity index (χ1v) is 6.75. The SMILES string of the molecule is Cc1cccnc1Nc1nc(-c2ccncc2)cs1. The molecule has 3 heterocycles. The fourth-order valence-corrected chi connectivity index (χ4v) is 2.42. The first kappa shape index (κ1) is 11.8. The van der Waals surface area contributed by atoms with Crippen LogP contribution in [0.4, 0.5) is 10.9 Å². The molecule has 94 valence electrons. The number of pyridine rings is 2. The van der Waals surface area contributed by atoms with Crippen molar-refractivity contribution in [1.82, 2.24) is 15.0 Å². The molecule has 0 spiro atoms. The summed E-state index contributed by atoms with van der Waals surface area (Å²) < 4.78 is 0. The number of nitrogens with one attached hydrogen (secondary N) is 1. The van der Waals surface area contributed by atoms with Crippen LogP contribution in [0.3, 0.4) is 0 Å². The van der Waals surface area contributed by atoms with Crippen LogP contribution in [-0.2, 0) is 0 Å². The van der Waals surface area contributed by atoms with Gasteiger partial charge in [0.05, 0.1) is 5.69 Å². The van der Waals surface area contributed by atoms with Crippen molar-refractivity contribution in [2.24, 2.45) is 0 Å². The Morgan fingerprint density at radius 1 is 1.11 bits per heavy atom. The highest BCUT2D eigenvalue weighted by atomic mass is 32.1. The van der Waals surface area contributed by atoms with E-state index in [1.54, 1.807) is 29.9 Å². The molecule has 0 aliphatic heterocycles. The Labute approximate surface area is 115 Å². The van der Waals surface area contributed by atoms with Gasteiger partial charge in [-0.1, -0.05) is 6.07 Å². The maximum atomic E-state index is 4.56. The van der Waals surface area contributed by atoms with Gasteiger partial charge in [-0.3, -0.25) is 4.98 Å². The largest absolute Gasteiger partial charge is 0.316 e. The molecule has 0 saturated heterocycles. The molecule has 3 rings (SSSR count). The van der Waals surface area contributed by atoms with Gasteiger partial charge in [-0.15, -0.1) is 11.3 Å². The summed E-state index contributed by atoms with van der Waals surface area (Å²) in [4.78, 5) is 12.9. The van der Waals surface area contributed by atoms with Crippen molar-refractivity contribution in [2.75, 3.05) is 5.32 Å². The highest BCUT2D eigenvalue weighted by Gasteiger charge is 2.06. The van der Waals surface area contributed by atoms with Crippen molar-refractivity contribution < 1.29 is 0 Å². The minimum absolute atomic E-state index is 0.841. The van der Waals surface area contributed by atoms with Crippen molar-refractivity contribution in [3.05, 3.63) is 53.8 Å². The fourth-order valence-electron chi connectivity index (χ4n) is 1.70. The second-order valence-corrected chi connectivity index (χ2v) is 4.93. The third kappa shape index (κ3) is 2.61. The Morgan fingerprint density at radius 2 is 1.95 bits per heavy atom. The van der Waals surface area contributed by atoms with Gasteiger partial charge in [0.15, 0.2) is 5.13 Å². The number of hydrogen-bond donors (Lipinski definition) is 1. The van der Waals surface area contributed by atoms with Gasteiger partial charge in [0.1, 0.15) is 5.82 Å². The van der Waals surface area contributed by atoms with E-state index in [1.165, 1.54) is 0 Å². The number of nitrogens with zero attached hydrogens (tertiary/aromatic N) is 3. The minimum atomic E-state index is 0.841. The van der Waals surface area contributed by atoms with E-state index in [2.05, 4.69) is 20.3 Å². The highest BCUT2D eigenvalue weighted by Crippen LogP contribution is 2.26. The molecule has 0 atom stereocenters. The van der Waals surface area contributed by atoms with Crippen LogP contribution < -0.4 is 5.32 Å². The topological polar surface area (TPSA) is 50.7 Å². The van der Waals surface area contributed by atoms with E-state index in [4.69, 9.17) is 0 Å². The summed E-state index contributed by atoms with van der Waals surface area (Å²) in [6.07, 6.45) is 5.31. The van der Waals surface area contributed by atoms with Crippen LogP contribution in [0.1, 0.15) is 5.56 Å². The van der Waals surface area contributed by atoms with Gasteiger partial charge in [-0.2, -0.15) is 0 Å². The van der Waals surface area contributed by atoms with Crippen molar-refractivity contribution in [2.45, 2.75) is 6.92 Å². The Balaban J connectivity index is 1.85. The molecule has 0 amide bonds. The van der Waals surface area contributed by atoms with Crippen LogP contribution >= 0.6 is 11.3 Å². The second-order valence-electron chi connectivity index (χ2n) is 4.07. The van der Waals surface area contributed by atoms with Gasteiger partial charge in [0, 0.05) is 29.5 Å². The number of thiazole rings is 1. The van der Waals surface area contributed by atoms with E-state index in [9.17, 15) is 0 Å². The summed E-state index contributed by atoms with van der Waals surface area (Å²) in [5.41, 5.74) is 3.11. The lowest BCUT2D eigenvalue weighted by Crippen LogP contribution is -1.95. The summed E-state index contributed by atoms with van der Waals surface area (Å²) in [6.45, 7) is 2.02. The lowest BCUT2D eigenvalue weighted by atomic mass is 10.2. The van der Waals surface area contributed by atoms with Crippen LogP contribution in [0.5, 0.6) is 0 Å². The maximum absolute atomic E-state index is 4.56. The van der Waals surface area contributed by atoms with Crippen LogP contribution in [-0.4, -0.2) is 15.0 Å². The smallest absolute Gasteiger partial charge is 0.188 e. The fraction of sp³-hybridized carbons (Fsp3) is 0.0714. The Kier molecular flexibility index (Phi) is 3.20. The molecule has 0 radical (unpaired) electrons. The Hall–Kier alpha value is -2.27. The van der Waals surface area contributed by atoms with E-state index in [1.807, 2.05) is 36.6 Å². The number of aromatic nitrogens is 3. The summed E-state index contributed by atoms with van der Waals surface area (Å²) in [5, 5.41) is 6.11. The third-order valence-corrected chi connectivity index (χ3v) is 3.47. The molecule has 0 saturated carbocycles. The van der Waals surface area contributed by atoms with Gasteiger partial charge in [-0.05, 0) is 30.7 Å². The van der Waals surface area contributed by atoms with E-state index in [0.29, 0.717) is 0 Å². The molecule has 0 aliphatic carbocycles. The monoisotopic (exact) mass is 268 g/mol. The zero-order valence-corrected chi connectivity index (χ0v) is 11.2. The van der Waals surface area contributed by atoms with Crippen molar-refractivity contribution in [1.29, 1.82) is 0 Å². The number of anilines is 2. The normalized spacial score (nSPS) is 10.4. The number of aryl methyl sites for hydroxylation is 1. The van der Waals surface area contributed by atoms with Crippen LogP contribution in [0.15, 0.2) is 48.2 Å². The van der Waals surface area contributed by atoms with Crippen molar-refractivity contribution >= 4 is 22.3 Å². The lowest BCUT2D eigenvalue weighted by molar-refractivity contribution is 1.24. The van der Waals surface area contributed by atoms with E-state index in [0.717, 1.165) is 27.8 Å². The summed E-state index contributed by atoms with van der Waals surface area (Å²) in [6, 6.07) is 7.84. The molecular formula is C14H12N4S. The van der Waals surface area contributed by atoms with Gasteiger partial charge in [-0.25, -0.2) is 9.97 Å². The summed E-state index contributed by atoms with van der Waals surface area (Å²) in [7, 11) is 0. The van der Waals surface area contributed by atoms with E-state index >= 15 is 0 Å². The molecule has 0 bridgehead atoms. The summed E-state index contributed by atoms with van der Waals surface area (Å²) in [5.74, 6) is 0.845. The third-order valence-electron chi connectivity index (χ3n) is 2.72. The second kappa shape index (κ2) is 5.16. The quantitative estimate of drug-likeness (QED) is 0.787. The van der Waals surface area contributed by atoms with Crippen molar-refractivity contribution in [3.8, 4) is 11.3 Å². The van der Waals surface area contributed by atoms with Crippen LogP contribution in [0.2, 0.25) is 0 Å². The molecule has 19 heavy (non-hydrogen) atoms. The number of rotatable bonds is 3. The molecule has 3 aromatic rings. The van der Waals surface area contributed by atoms with Crippen molar-refractivity contribution in [3.63, 3.8) is 0 Å². The van der Waals surface area contributed by atoms with Crippen LogP contribution in [0.25, 0.3) is 11.3 Å². The van der Waals surface area contributed by atoms with Crippen LogP contribution in [0, 0.1) is 6.92 Å². The Morgan fingerprint density at radius 3 is 2.74 bits per heavy atom. The standard InChI is InChI=1S/C14H12N4S/c1-10-3-2-6-16-13(10)18-14-17-12(9-19-14)11-4-7-15-8-5-11/h2-9H,1H3,(H,16,17,18). The Bertz CT molecular complexity index is 679. The number of hydrogen-bond acceptors (Lipinski definition) is 5. The average Bonchev–Trinajstić information content (AvgIpc) is 2.91. The average molecular weight is 268 g/mol. The highest BCUT2D eigenvalue weighted by molar-refractivity contribution is 7.14. The minimum Gasteiger partial charge on any atom is -0.316 e. The predicted octanol–water partition coefficient (Wildman–Crippen LogP) is 3.65. The molecule has 0 unspecified atom stereocenters. The molecule has 0 fully saturated rings. The molecule has 5 heteroatoms. The van der Waals surface area contributed by atoms with E-state index < -0.39 is 0 Å². The van der Waals surface area contributed by atoms with E-state index in [-0.39, 0.29) is 0 Å². The van der Waals surface area contributed by atoms with Gasteiger partial charge in [0.25, 0.3) is 0 Å². The molecular weight excluding hydrogens is 256 g/mol. The molecule has 0 aromatic carbocycles. The molecule has 0 aliphatic rings. The van der Waals surface area contributed by atoms with Gasteiger partial charge >= 0.3 is 0 Å². The lowest BCUT2D eigenvalue weighted by Gasteiger charge is -2.03. The molecule has 3 aromatic heterocycles.